The summed E-state index contributed by atoms with van der Waals surface area (Å²) in [6, 6.07) is 15.6. The van der Waals surface area contributed by atoms with Gasteiger partial charge in [-0.15, -0.1) is 0 Å². The summed E-state index contributed by atoms with van der Waals surface area (Å²) in [7, 11) is 3.96. The molecule has 0 radical (unpaired) electrons. The van der Waals surface area contributed by atoms with Crippen molar-refractivity contribution in [3.8, 4) is 5.75 Å². The van der Waals surface area contributed by atoms with Gasteiger partial charge in [0.15, 0.2) is 6.61 Å². The molecule has 0 saturated carbocycles. The van der Waals surface area contributed by atoms with E-state index in [9.17, 15) is 4.79 Å². The zero-order chi connectivity index (χ0) is 17.5. The van der Waals surface area contributed by atoms with Gasteiger partial charge in [-0.3, -0.25) is 4.79 Å². The fraction of sp³-hybridized carbons (Fsp3) is 0.350. The zero-order valence-corrected chi connectivity index (χ0v) is 14.9. The standard InChI is InChI=1S/C20H26N2O2/c1-5-15(2)16-6-12-19(13-7-16)24-14-20(23)21-17-8-10-18(11-9-17)22(3)4/h6-13,15H,5,14H2,1-4H3,(H,21,23)/t15-/m0/s1. The van der Waals surface area contributed by atoms with Crippen LogP contribution in [0.15, 0.2) is 48.5 Å². The minimum absolute atomic E-state index is 0.00188. The van der Waals surface area contributed by atoms with Crippen LogP contribution in [0.5, 0.6) is 5.75 Å². The Bertz CT molecular complexity index is 648. The van der Waals surface area contributed by atoms with E-state index in [-0.39, 0.29) is 12.5 Å². The molecule has 0 aliphatic carbocycles. The number of hydrogen-bond acceptors (Lipinski definition) is 3. The minimum atomic E-state index is -0.168. The van der Waals surface area contributed by atoms with Crippen molar-refractivity contribution in [1.29, 1.82) is 0 Å². The number of anilines is 2. The normalized spacial score (nSPS) is 11.7. The van der Waals surface area contributed by atoms with Crippen LogP contribution >= 0.6 is 0 Å². The van der Waals surface area contributed by atoms with Gasteiger partial charge in [0.05, 0.1) is 0 Å². The third-order valence-electron chi connectivity index (χ3n) is 4.10. The molecule has 0 fully saturated rings. The second kappa shape index (κ2) is 8.39. The Kier molecular flexibility index (Phi) is 6.24. The number of ether oxygens (including phenoxy) is 1. The summed E-state index contributed by atoms with van der Waals surface area (Å²) in [5, 5.41) is 2.83. The van der Waals surface area contributed by atoms with Gasteiger partial charge in [-0.05, 0) is 54.3 Å². The number of nitrogens with zero attached hydrogens (tertiary/aromatic N) is 1. The van der Waals surface area contributed by atoms with Crippen molar-refractivity contribution in [2.24, 2.45) is 0 Å². The second-order valence-electron chi connectivity index (χ2n) is 6.16. The third-order valence-corrected chi connectivity index (χ3v) is 4.10. The van der Waals surface area contributed by atoms with Crippen molar-refractivity contribution in [2.45, 2.75) is 26.2 Å². The maximum atomic E-state index is 12.0. The summed E-state index contributed by atoms with van der Waals surface area (Å²) in [6.07, 6.45) is 1.11. The number of hydrogen-bond donors (Lipinski definition) is 1. The van der Waals surface area contributed by atoms with E-state index < -0.39 is 0 Å². The maximum absolute atomic E-state index is 12.0. The average molecular weight is 326 g/mol. The van der Waals surface area contributed by atoms with Crippen LogP contribution < -0.4 is 15.0 Å². The number of nitrogens with one attached hydrogen (secondary N) is 1. The zero-order valence-electron chi connectivity index (χ0n) is 14.9. The van der Waals surface area contributed by atoms with Crippen molar-refractivity contribution in [3.05, 3.63) is 54.1 Å². The van der Waals surface area contributed by atoms with Gasteiger partial charge in [0, 0.05) is 25.5 Å². The topological polar surface area (TPSA) is 41.6 Å². The van der Waals surface area contributed by atoms with Crippen LogP contribution in [0, 0.1) is 0 Å². The summed E-state index contributed by atoms with van der Waals surface area (Å²) in [5.41, 5.74) is 3.14. The first-order valence-electron chi connectivity index (χ1n) is 8.29. The lowest BCUT2D eigenvalue weighted by Gasteiger charge is -2.13. The summed E-state index contributed by atoms with van der Waals surface area (Å²) >= 11 is 0. The Morgan fingerprint density at radius 3 is 2.25 bits per heavy atom. The van der Waals surface area contributed by atoms with Gasteiger partial charge in [-0.25, -0.2) is 0 Å². The van der Waals surface area contributed by atoms with Crippen LogP contribution in [-0.4, -0.2) is 26.6 Å². The molecule has 0 heterocycles. The van der Waals surface area contributed by atoms with Gasteiger partial charge in [-0.1, -0.05) is 26.0 Å². The summed E-state index contributed by atoms with van der Waals surface area (Å²) in [4.78, 5) is 14.0. The van der Waals surface area contributed by atoms with Gasteiger partial charge in [-0.2, -0.15) is 0 Å². The molecule has 0 aliphatic rings. The largest absolute Gasteiger partial charge is 0.484 e. The van der Waals surface area contributed by atoms with Crippen molar-refractivity contribution in [1.82, 2.24) is 0 Å². The van der Waals surface area contributed by atoms with Crippen LogP contribution in [0.4, 0.5) is 11.4 Å². The van der Waals surface area contributed by atoms with Crippen molar-refractivity contribution in [2.75, 3.05) is 30.9 Å². The van der Waals surface area contributed by atoms with Gasteiger partial charge >= 0.3 is 0 Å². The molecule has 0 saturated heterocycles. The van der Waals surface area contributed by atoms with Crippen molar-refractivity contribution in [3.63, 3.8) is 0 Å². The molecule has 4 nitrogen and oxygen atoms in total. The highest BCUT2D eigenvalue weighted by atomic mass is 16.5. The molecule has 1 atom stereocenters. The van der Waals surface area contributed by atoms with Crippen LogP contribution in [0.3, 0.4) is 0 Å². The molecule has 0 unspecified atom stereocenters. The first-order chi connectivity index (χ1) is 11.5. The number of amides is 1. The van der Waals surface area contributed by atoms with Crippen molar-refractivity contribution >= 4 is 17.3 Å². The van der Waals surface area contributed by atoms with Crippen LogP contribution in [0.1, 0.15) is 31.7 Å². The van der Waals surface area contributed by atoms with Gasteiger partial charge in [0.25, 0.3) is 5.91 Å². The predicted molar refractivity (Wildman–Crippen MR) is 100 cm³/mol. The minimum Gasteiger partial charge on any atom is -0.484 e. The van der Waals surface area contributed by atoms with E-state index in [0.717, 1.165) is 17.8 Å². The predicted octanol–water partition coefficient (Wildman–Crippen LogP) is 4.28. The fourth-order valence-electron chi connectivity index (χ4n) is 2.32. The van der Waals surface area contributed by atoms with E-state index in [2.05, 4.69) is 31.3 Å². The Balaban J connectivity index is 1.84. The van der Waals surface area contributed by atoms with Gasteiger partial charge in [0.2, 0.25) is 0 Å². The number of benzene rings is 2. The summed E-state index contributed by atoms with van der Waals surface area (Å²) in [5.74, 6) is 1.08. The van der Waals surface area contributed by atoms with E-state index in [1.165, 1.54) is 5.56 Å². The Morgan fingerprint density at radius 1 is 1.08 bits per heavy atom. The smallest absolute Gasteiger partial charge is 0.262 e. The third kappa shape index (κ3) is 5.01. The van der Waals surface area contributed by atoms with Gasteiger partial charge < -0.3 is 15.0 Å². The molecule has 128 valence electrons. The molecular formula is C20H26N2O2. The summed E-state index contributed by atoms with van der Waals surface area (Å²) < 4.78 is 5.55. The number of rotatable bonds is 7. The van der Waals surface area contributed by atoms with Gasteiger partial charge in [0.1, 0.15) is 5.75 Å². The first kappa shape index (κ1) is 17.9. The molecule has 2 rings (SSSR count). The lowest BCUT2D eigenvalue weighted by atomic mass is 9.99. The Labute approximate surface area is 144 Å². The van der Waals surface area contributed by atoms with Crippen LogP contribution in [0.2, 0.25) is 0 Å². The molecule has 1 N–H and O–H groups in total. The highest BCUT2D eigenvalue weighted by Crippen LogP contribution is 2.21. The second-order valence-corrected chi connectivity index (χ2v) is 6.16. The van der Waals surface area contributed by atoms with Crippen LogP contribution in [0.25, 0.3) is 0 Å². The van der Waals surface area contributed by atoms with Crippen LogP contribution in [-0.2, 0) is 4.79 Å². The molecule has 1 amide bonds. The Morgan fingerprint density at radius 2 is 1.71 bits per heavy atom. The van der Waals surface area contributed by atoms with E-state index in [1.54, 1.807) is 0 Å². The molecule has 0 spiro atoms. The molecule has 0 aliphatic heterocycles. The highest BCUT2D eigenvalue weighted by molar-refractivity contribution is 5.92. The SMILES string of the molecule is CC[C@H](C)c1ccc(OCC(=O)Nc2ccc(N(C)C)cc2)cc1. The highest BCUT2D eigenvalue weighted by Gasteiger charge is 2.06. The molecule has 24 heavy (non-hydrogen) atoms. The molecular weight excluding hydrogens is 300 g/mol. The van der Waals surface area contributed by atoms with E-state index in [1.807, 2.05) is 55.4 Å². The number of carbonyl (C=O) groups excluding carboxylic acids is 1. The molecule has 0 bridgehead atoms. The molecule has 2 aromatic carbocycles. The maximum Gasteiger partial charge on any atom is 0.262 e. The average Bonchev–Trinajstić information content (AvgIpc) is 2.60. The lowest BCUT2D eigenvalue weighted by Crippen LogP contribution is -2.20. The first-order valence-corrected chi connectivity index (χ1v) is 8.29. The van der Waals surface area contributed by atoms with E-state index in [0.29, 0.717) is 11.7 Å². The molecule has 4 heteroatoms. The van der Waals surface area contributed by atoms with E-state index in [4.69, 9.17) is 4.74 Å². The lowest BCUT2D eigenvalue weighted by molar-refractivity contribution is -0.118. The fourth-order valence-corrected chi connectivity index (χ4v) is 2.32. The molecule has 2 aromatic rings. The molecule has 0 aromatic heterocycles. The van der Waals surface area contributed by atoms with E-state index >= 15 is 0 Å². The van der Waals surface area contributed by atoms with Crippen molar-refractivity contribution < 1.29 is 9.53 Å². The Hall–Kier alpha value is -2.49. The number of carbonyl (C=O) groups is 1. The quantitative estimate of drug-likeness (QED) is 0.825. The monoisotopic (exact) mass is 326 g/mol. The summed E-state index contributed by atoms with van der Waals surface area (Å²) in [6.45, 7) is 4.37.